The van der Waals surface area contributed by atoms with E-state index in [1.807, 2.05) is 51.1 Å². The predicted octanol–water partition coefficient (Wildman–Crippen LogP) is 3.36. The maximum absolute atomic E-state index is 12.8. The number of benzene rings is 2. The number of amides is 2. The molecule has 2 aromatic carbocycles. The third-order valence-corrected chi connectivity index (χ3v) is 4.34. The van der Waals surface area contributed by atoms with Gasteiger partial charge in [-0.2, -0.15) is 0 Å². The van der Waals surface area contributed by atoms with Crippen LogP contribution in [0.25, 0.3) is 0 Å². The SMILES string of the molecule is Cc1ccc2c(c1)C(=O)N(C(OC(=O)Cc1ccccc1)C(C)C)C2=O. The summed E-state index contributed by atoms with van der Waals surface area (Å²) in [5, 5.41) is 0. The molecular formula is C21H21NO4. The van der Waals surface area contributed by atoms with Gasteiger partial charge in [-0.15, -0.1) is 0 Å². The van der Waals surface area contributed by atoms with Crippen LogP contribution in [0.5, 0.6) is 0 Å². The largest absolute Gasteiger partial charge is 0.440 e. The fourth-order valence-electron chi connectivity index (χ4n) is 3.03. The standard InChI is InChI=1S/C21H21NO4/c1-13(2)21(26-18(23)12-15-7-5-4-6-8-15)22-19(24)16-10-9-14(3)11-17(16)20(22)25/h4-11,13,21H,12H2,1-3H3. The summed E-state index contributed by atoms with van der Waals surface area (Å²) in [5.41, 5.74) is 2.43. The van der Waals surface area contributed by atoms with Crippen LogP contribution in [0.1, 0.15) is 45.7 Å². The maximum atomic E-state index is 12.8. The van der Waals surface area contributed by atoms with Crippen LogP contribution < -0.4 is 0 Å². The number of carbonyl (C=O) groups is 3. The van der Waals surface area contributed by atoms with Gasteiger partial charge in [0.15, 0.2) is 6.23 Å². The molecule has 0 fully saturated rings. The number of aryl methyl sites for hydroxylation is 1. The summed E-state index contributed by atoms with van der Waals surface area (Å²) >= 11 is 0. The van der Waals surface area contributed by atoms with Crippen LogP contribution in [0.2, 0.25) is 0 Å². The Hall–Kier alpha value is -2.95. The number of imide groups is 1. The summed E-state index contributed by atoms with van der Waals surface area (Å²) in [6, 6.07) is 14.3. The molecule has 5 heteroatoms. The van der Waals surface area contributed by atoms with E-state index in [0.29, 0.717) is 11.1 Å². The molecule has 1 aliphatic heterocycles. The van der Waals surface area contributed by atoms with Crippen LogP contribution in [0.4, 0.5) is 0 Å². The van der Waals surface area contributed by atoms with Crippen molar-refractivity contribution >= 4 is 17.8 Å². The van der Waals surface area contributed by atoms with E-state index >= 15 is 0 Å². The minimum atomic E-state index is -0.932. The fourth-order valence-corrected chi connectivity index (χ4v) is 3.03. The first-order valence-corrected chi connectivity index (χ1v) is 8.60. The van der Waals surface area contributed by atoms with E-state index in [2.05, 4.69) is 0 Å². The van der Waals surface area contributed by atoms with Gasteiger partial charge in [0, 0.05) is 5.92 Å². The number of carbonyl (C=O) groups excluding carboxylic acids is 3. The number of nitrogens with zero attached hydrogens (tertiary/aromatic N) is 1. The molecule has 0 saturated heterocycles. The van der Waals surface area contributed by atoms with Crippen LogP contribution >= 0.6 is 0 Å². The van der Waals surface area contributed by atoms with Gasteiger partial charge in [0.05, 0.1) is 17.5 Å². The molecule has 0 aromatic heterocycles. The second-order valence-corrected chi connectivity index (χ2v) is 6.82. The minimum absolute atomic E-state index is 0.0896. The number of rotatable bonds is 5. The van der Waals surface area contributed by atoms with Crippen LogP contribution in [-0.2, 0) is 16.0 Å². The van der Waals surface area contributed by atoms with E-state index in [9.17, 15) is 14.4 Å². The lowest BCUT2D eigenvalue weighted by Gasteiger charge is -2.29. The molecule has 1 aliphatic rings. The van der Waals surface area contributed by atoms with Crippen LogP contribution in [0.3, 0.4) is 0 Å². The van der Waals surface area contributed by atoms with Gasteiger partial charge in [-0.05, 0) is 24.6 Å². The molecule has 3 rings (SSSR count). The smallest absolute Gasteiger partial charge is 0.312 e. The second kappa shape index (κ2) is 7.12. The number of fused-ring (bicyclic) bond motifs is 1. The summed E-state index contributed by atoms with van der Waals surface area (Å²) < 4.78 is 5.55. The van der Waals surface area contributed by atoms with Crippen LogP contribution in [0.15, 0.2) is 48.5 Å². The van der Waals surface area contributed by atoms with Crippen molar-refractivity contribution in [3.05, 3.63) is 70.8 Å². The zero-order chi connectivity index (χ0) is 18.8. The number of esters is 1. The van der Waals surface area contributed by atoms with Crippen LogP contribution in [0, 0.1) is 12.8 Å². The first kappa shape index (κ1) is 17.9. The highest BCUT2D eigenvalue weighted by molar-refractivity contribution is 6.21. The normalized spacial score (nSPS) is 14.5. The third kappa shape index (κ3) is 3.38. The molecule has 5 nitrogen and oxygen atoms in total. The Morgan fingerprint density at radius 2 is 1.65 bits per heavy atom. The zero-order valence-corrected chi connectivity index (χ0v) is 15.1. The fraction of sp³-hybridized carbons (Fsp3) is 0.286. The second-order valence-electron chi connectivity index (χ2n) is 6.82. The average Bonchev–Trinajstić information content (AvgIpc) is 2.84. The topological polar surface area (TPSA) is 63.7 Å². The van der Waals surface area contributed by atoms with E-state index in [0.717, 1.165) is 16.0 Å². The molecule has 134 valence electrons. The van der Waals surface area contributed by atoms with Gasteiger partial charge in [-0.1, -0.05) is 55.8 Å². The molecule has 1 atom stereocenters. The zero-order valence-electron chi connectivity index (χ0n) is 15.1. The van der Waals surface area contributed by atoms with E-state index in [1.54, 1.807) is 18.2 Å². The molecule has 26 heavy (non-hydrogen) atoms. The Bertz CT molecular complexity index is 858. The van der Waals surface area contributed by atoms with E-state index < -0.39 is 24.0 Å². The van der Waals surface area contributed by atoms with Gasteiger partial charge in [0.25, 0.3) is 11.8 Å². The molecule has 0 spiro atoms. The Morgan fingerprint density at radius 1 is 1.00 bits per heavy atom. The third-order valence-electron chi connectivity index (χ3n) is 4.34. The summed E-state index contributed by atoms with van der Waals surface area (Å²) in [6.07, 6.45) is -0.842. The van der Waals surface area contributed by atoms with Gasteiger partial charge in [0.2, 0.25) is 0 Å². The molecule has 0 saturated carbocycles. The van der Waals surface area contributed by atoms with Gasteiger partial charge in [-0.3, -0.25) is 14.4 Å². The minimum Gasteiger partial charge on any atom is -0.440 e. The Kier molecular flexibility index (Phi) is 4.89. The molecule has 1 unspecified atom stereocenters. The van der Waals surface area contributed by atoms with Gasteiger partial charge in [-0.25, -0.2) is 4.90 Å². The van der Waals surface area contributed by atoms with E-state index in [-0.39, 0.29) is 12.3 Å². The number of ether oxygens (including phenoxy) is 1. The van der Waals surface area contributed by atoms with E-state index in [1.165, 1.54) is 0 Å². The van der Waals surface area contributed by atoms with Gasteiger partial charge < -0.3 is 4.74 Å². The highest BCUT2D eigenvalue weighted by atomic mass is 16.6. The molecule has 0 radical (unpaired) electrons. The van der Waals surface area contributed by atoms with Crippen molar-refractivity contribution in [1.82, 2.24) is 4.90 Å². The Labute approximate surface area is 152 Å². The molecule has 0 aliphatic carbocycles. The Balaban J connectivity index is 1.81. The van der Waals surface area contributed by atoms with Gasteiger partial charge >= 0.3 is 5.97 Å². The van der Waals surface area contributed by atoms with Crippen molar-refractivity contribution in [2.24, 2.45) is 5.92 Å². The van der Waals surface area contributed by atoms with Crippen molar-refractivity contribution in [1.29, 1.82) is 0 Å². The average molecular weight is 351 g/mol. The summed E-state index contributed by atoms with van der Waals surface area (Å²) in [5.74, 6) is -1.53. The molecule has 0 bridgehead atoms. The molecule has 1 heterocycles. The van der Waals surface area contributed by atoms with Crippen molar-refractivity contribution < 1.29 is 19.1 Å². The predicted molar refractivity (Wildman–Crippen MR) is 96.5 cm³/mol. The lowest BCUT2D eigenvalue weighted by Crippen LogP contribution is -2.46. The molecule has 2 aromatic rings. The van der Waals surface area contributed by atoms with Crippen LogP contribution in [-0.4, -0.2) is 28.9 Å². The lowest BCUT2D eigenvalue weighted by atomic mass is 10.1. The maximum Gasteiger partial charge on any atom is 0.312 e. The first-order valence-electron chi connectivity index (χ1n) is 8.60. The van der Waals surface area contributed by atoms with Crippen molar-refractivity contribution in [2.75, 3.05) is 0 Å². The lowest BCUT2D eigenvalue weighted by molar-refractivity contribution is -0.157. The van der Waals surface area contributed by atoms with E-state index in [4.69, 9.17) is 4.74 Å². The van der Waals surface area contributed by atoms with Crippen molar-refractivity contribution in [2.45, 2.75) is 33.4 Å². The molecular weight excluding hydrogens is 330 g/mol. The molecule has 2 amide bonds. The molecule has 0 N–H and O–H groups in total. The highest BCUT2D eigenvalue weighted by Crippen LogP contribution is 2.28. The number of hydrogen-bond acceptors (Lipinski definition) is 4. The quantitative estimate of drug-likeness (QED) is 0.612. The highest BCUT2D eigenvalue weighted by Gasteiger charge is 2.42. The number of hydrogen-bond donors (Lipinski definition) is 0. The Morgan fingerprint density at radius 3 is 2.31 bits per heavy atom. The summed E-state index contributed by atoms with van der Waals surface area (Å²) in [7, 11) is 0. The summed E-state index contributed by atoms with van der Waals surface area (Å²) in [4.78, 5) is 38.9. The van der Waals surface area contributed by atoms with Crippen molar-refractivity contribution in [3.63, 3.8) is 0 Å². The summed E-state index contributed by atoms with van der Waals surface area (Å²) in [6.45, 7) is 5.49. The monoisotopic (exact) mass is 351 g/mol. The van der Waals surface area contributed by atoms with Crippen molar-refractivity contribution in [3.8, 4) is 0 Å². The van der Waals surface area contributed by atoms with Gasteiger partial charge in [0.1, 0.15) is 0 Å². The first-order chi connectivity index (χ1) is 12.4.